The Bertz CT molecular complexity index is 497. The van der Waals surface area contributed by atoms with Gasteiger partial charge in [-0.05, 0) is 48.8 Å². The molecular formula is C19H29NO2. The van der Waals surface area contributed by atoms with E-state index >= 15 is 0 Å². The van der Waals surface area contributed by atoms with Gasteiger partial charge in [-0.2, -0.15) is 0 Å². The minimum Gasteiger partial charge on any atom is -0.497 e. The highest BCUT2D eigenvalue weighted by Gasteiger charge is 2.35. The van der Waals surface area contributed by atoms with Gasteiger partial charge < -0.3 is 9.64 Å². The average Bonchev–Trinajstić information content (AvgIpc) is 3.27. The number of carbonyl (C=O) groups excluding carboxylic acids is 1. The first-order valence-corrected chi connectivity index (χ1v) is 8.22. The largest absolute Gasteiger partial charge is 0.497 e. The summed E-state index contributed by atoms with van der Waals surface area (Å²) in [6.07, 6.45) is 3.10. The quantitative estimate of drug-likeness (QED) is 0.786. The minimum absolute atomic E-state index is 0.0263. The van der Waals surface area contributed by atoms with E-state index in [1.807, 2.05) is 12.1 Å². The molecular weight excluding hydrogens is 274 g/mol. The first-order valence-electron chi connectivity index (χ1n) is 8.22. The van der Waals surface area contributed by atoms with Gasteiger partial charge in [0.05, 0.1) is 7.11 Å². The number of benzene rings is 1. The number of ether oxygens (including phenoxy) is 1. The van der Waals surface area contributed by atoms with Crippen LogP contribution in [0.2, 0.25) is 0 Å². The lowest BCUT2D eigenvalue weighted by atomic mass is 9.91. The standard InChI is InChI=1S/C19H29NO2/c1-14(16-8-9-16)20(18(21)12-19(2,3)4)13-15-6-10-17(22-5)11-7-15/h6-7,10-11,14,16H,8-9,12-13H2,1-5H3. The van der Waals surface area contributed by atoms with E-state index in [2.05, 4.69) is 44.7 Å². The smallest absolute Gasteiger partial charge is 0.223 e. The van der Waals surface area contributed by atoms with E-state index in [9.17, 15) is 4.79 Å². The lowest BCUT2D eigenvalue weighted by Crippen LogP contribution is -2.40. The molecule has 0 radical (unpaired) electrons. The Balaban J connectivity index is 2.10. The fraction of sp³-hybridized carbons (Fsp3) is 0.632. The Morgan fingerprint density at radius 2 is 1.86 bits per heavy atom. The monoisotopic (exact) mass is 303 g/mol. The van der Waals surface area contributed by atoms with Crippen LogP contribution in [0, 0.1) is 11.3 Å². The van der Waals surface area contributed by atoms with Gasteiger partial charge in [-0.3, -0.25) is 4.79 Å². The van der Waals surface area contributed by atoms with Gasteiger partial charge >= 0.3 is 0 Å². The zero-order valence-electron chi connectivity index (χ0n) is 14.6. The van der Waals surface area contributed by atoms with Crippen molar-refractivity contribution in [2.75, 3.05) is 7.11 Å². The summed E-state index contributed by atoms with van der Waals surface area (Å²) in [5, 5.41) is 0. The van der Waals surface area contributed by atoms with Crippen molar-refractivity contribution < 1.29 is 9.53 Å². The lowest BCUT2D eigenvalue weighted by Gasteiger charge is -2.32. The van der Waals surface area contributed by atoms with Gasteiger partial charge in [-0.1, -0.05) is 32.9 Å². The van der Waals surface area contributed by atoms with Crippen LogP contribution in [0.3, 0.4) is 0 Å². The predicted octanol–water partition coefficient (Wildman–Crippen LogP) is 4.26. The molecule has 1 aromatic carbocycles. The Morgan fingerprint density at radius 3 is 2.32 bits per heavy atom. The van der Waals surface area contributed by atoms with Crippen LogP contribution in [0.4, 0.5) is 0 Å². The first kappa shape index (κ1) is 16.9. The van der Waals surface area contributed by atoms with Crippen molar-refractivity contribution in [1.82, 2.24) is 4.90 Å². The summed E-state index contributed by atoms with van der Waals surface area (Å²) in [6.45, 7) is 9.26. The molecule has 1 amide bonds. The topological polar surface area (TPSA) is 29.5 Å². The predicted molar refractivity (Wildman–Crippen MR) is 89.8 cm³/mol. The summed E-state index contributed by atoms with van der Waals surface area (Å²) in [4.78, 5) is 14.8. The molecule has 0 bridgehead atoms. The Hall–Kier alpha value is -1.51. The molecule has 1 saturated carbocycles. The number of hydrogen-bond acceptors (Lipinski definition) is 2. The van der Waals surface area contributed by atoms with E-state index in [1.54, 1.807) is 7.11 Å². The fourth-order valence-electron chi connectivity index (χ4n) is 2.78. The number of amides is 1. The van der Waals surface area contributed by atoms with Crippen molar-refractivity contribution in [3.63, 3.8) is 0 Å². The van der Waals surface area contributed by atoms with E-state index < -0.39 is 0 Å². The van der Waals surface area contributed by atoms with Crippen LogP contribution in [-0.2, 0) is 11.3 Å². The number of nitrogens with zero attached hydrogens (tertiary/aromatic N) is 1. The normalized spacial score (nSPS) is 16.2. The highest BCUT2D eigenvalue weighted by molar-refractivity contribution is 5.77. The average molecular weight is 303 g/mol. The Kier molecular flexibility index (Phi) is 5.15. The Morgan fingerprint density at radius 1 is 1.27 bits per heavy atom. The third kappa shape index (κ3) is 4.75. The van der Waals surface area contributed by atoms with E-state index in [1.165, 1.54) is 12.8 Å². The molecule has 2 rings (SSSR count). The number of rotatable bonds is 6. The first-order chi connectivity index (χ1) is 10.3. The molecule has 1 atom stereocenters. The molecule has 3 nitrogen and oxygen atoms in total. The van der Waals surface area contributed by atoms with Gasteiger partial charge in [0, 0.05) is 19.0 Å². The van der Waals surface area contributed by atoms with Gasteiger partial charge in [0.25, 0.3) is 0 Å². The second-order valence-corrected chi connectivity index (χ2v) is 7.69. The zero-order valence-corrected chi connectivity index (χ0v) is 14.6. The number of methoxy groups -OCH3 is 1. The minimum atomic E-state index is 0.0263. The summed E-state index contributed by atoms with van der Waals surface area (Å²) in [5.74, 6) is 1.80. The Labute approximate surface area is 134 Å². The highest BCUT2D eigenvalue weighted by atomic mass is 16.5. The molecule has 0 spiro atoms. The third-order valence-corrected chi connectivity index (χ3v) is 4.31. The molecule has 122 valence electrons. The van der Waals surface area contributed by atoms with Crippen LogP contribution in [0.15, 0.2) is 24.3 Å². The summed E-state index contributed by atoms with van der Waals surface area (Å²) < 4.78 is 5.20. The van der Waals surface area contributed by atoms with Crippen molar-refractivity contribution in [3.05, 3.63) is 29.8 Å². The summed E-state index contributed by atoms with van der Waals surface area (Å²) >= 11 is 0. The van der Waals surface area contributed by atoms with E-state index in [-0.39, 0.29) is 11.3 Å². The molecule has 0 N–H and O–H groups in total. The maximum Gasteiger partial charge on any atom is 0.223 e. The highest BCUT2D eigenvalue weighted by Crippen LogP contribution is 2.36. The van der Waals surface area contributed by atoms with Crippen LogP contribution in [-0.4, -0.2) is 24.0 Å². The van der Waals surface area contributed by atoms with Crippen LogP contribution in [0.5, 0.6) is 5.75 Å². The molecule has 3 heteroatoms. The molecule has 0 aromatic heterocycles. The molecule has 0 heterocycles. The second-order valence-electron chi connectivity index (χ2n) is 7.69. The van der Waals surface area contributed by atoms with Gasteiger partial charge in [0.1, 0.15) is 5.75 Å². The SMILES string of the molecule is COc1ccc(CN(C(=O)CC(C)(C)C)C(C)C2CC2)cc1. The molecule has 1 aliphatic rings. The maximum atomic E-state index is 12.8. The molecule has 22 heavy (non-hydrogen) atoms. The maximum absolute atomic E-state index is 12.8. The fourth-order valence-corrected chi connectivity index (χ4v) is 2.78. The zero-order chi connectivity index (χ0) is 16.3. The second kappa shape index (κ2) is 6.72. The van der Waals surface area contributed by atoms with Crippen molar-refractivity contribution in [2.24, 2.45) is 11.3 Å². The van der Waals surface area contributed by atoms with Crippen LogP contribution < -0.4 is 4.74 Å². The van der Waals surface area contributed by atoms with Crippen LogP contribution >= 0.6 is 0 Å². The van der Waals surface area contributed by atoms with E-state index in [0.29, 0.717) is 24.9 Å². The van der Waals surface area contributed by atoms with Gasteiger partial charge in [-0.25, -0.2) is 0 Å². The van der Waals surface area contributed by atoms with E-state index in [0.717, 1.165) is 11.3 Å². The molecule has 0 saturated heterocycles. The van der Waals surface area contributed by atoms with Gasteiger partial charge in [0.2, 0.25) is 5.91 Å². The lowest BCUT2D eigenvalue weighted by molar-refractivity contribution is -0.136. The van der Waals surface area contributed by atoms with E-state index in [4.69, 9.17) is 4.74 Å². The number of hydrogen-bond donors (Lipinski definition) is 0. The molecule has 0 aliphatic heterocycles. The number of carbonyl (C=O) groups is 1. The molecule has 1 aromatic rings. The van der Waals surface area contributed by atoms with Crippen molar-refractivity contribution >= 4 is 5.91 Å². The molecule has 1 fully saturated rings. The summed E-state index contributed by atoms with van der Waals surface area (Å²) in [7, 11) is 1.67. The van der Waals surface area contributed by atoms with Crippen molar-refractivity contribution in [2.45, 2.75) is 59.5 Å². The van der Waals surface area contributed by atoms with Crippen molar-refractivity contribution in [3.8, 4) is 5.75 Å². The summed E-state index contributed by atoms with van der Waals surface area (Å²) in [6, 6.07) is 8.36. The van der Waals surface area contributed by atoms with Gasteiger partial charge in [-0.15, -0.1) is 0 Å². The molecule has 1 unspecified atom stereocenters. The van der Waals surface area contributed by atoms with Crippen LogP contribution in [0.1, 0.15) is 52.5 Å². The third-order valence-electron chi connectivity index (χ3n) is 4.31. The summed E-state index contributed by atoms with van der Waals surface area (Å²) in [5.41, 5.74) is 1.19. The van der Waals surface area contributed by atoms with Crippen molar-refractivity contribution in [1.29, 1.82) is 0 Å². The molecule has 1 aliphatic carbocycles. The van der Waals surface area contributed by atoms with Crippen LogP contribution in [0.25, 0.3) is 0 Å². The van der Waals surface area contributed by atoms with Gasteiger partial charge in [0.15, 0.2) is 0 Å².